The van der Waals surface area contributed by atoms with Crippen LogP contribution in [0.25, 0.3) is 0 Å². The van der Waals surface area contributed by atoms with Gasteiger partial charge in [0.25, 0.3) is 0 Å². The summed E-state index contributed by atoms with van der Waals surface area (Å²) in [6.45, 7) is 10.7. The van der Waals surface area contributed by atoms with Gasteiger partial charge in [0.1, 0.15) is 0 Å². The van der Waals surface area contributed by atoms with Crippen molar-refractivity contribution < 1.29 is 4.74 Å². The highest BCUT2D eigenvalue weighted by molar-refractivity contribution is 5.14. The zero-order valence-corrected chi connectivity index (χ0v) is 13.4. The van der Waals surface area contributed by atoms with Crippen LogP contribution >= 0.6 is 0 Å². The average molecular weight is 267 g/mol. The van der Waals surface area contributed by atoms with Crippen LogP contribution in [0.3, 0.4) is 0 Å². The second-order valence-electron chi connectivity index (χ2n) is 5.93. The highest BCUT2D eigenvalue weighted by Crippen LogP contribution is 2.25. The quantitative estimate of drug-likeness (QED) is 0.694. The Kier molecular flexibility index (Phi) is 8.40. The summed E-state index contributed by atoms with van der Waals surface area (Å²) in [4.78, 5) is 0. The monoisotopic (exact) mass is 267 g/mol. The van der Waals surface area contributed by atoms with E-state index in [0.717, 1.165) is 13.2 Å². The molecule has 0 saturated heterocycles. The molecule has 0 amide bonds. The molecule has 2 heteroatoms. The Labute approximate surface area is 120 Å². The van der Waals surface area contributed by atoms with E-state index in [4.69, 9.17) is 4.74 Å². The SMILES string of the molecule is CCNC(C1=CCCCCCC1)C(OCC)C(C)C. The Hall–Kier alpha value is -0.340. The molecule has 0 bridgehead atoms. The van der Waals surface area contributed by atoms with Gasteiger partial charge in [0.15, 0.2) is 0 Å². The topological polar surface area (TPSA) is 21.3 Å². The van der Waals surface area contributed by atoms with Gasteiger partial charge < -0.3 is 10.1 Å². The lowest BCUT2D eigenvalue weighted by Gasteiger charge is -2.33. The first-order valence-corrected chi connectivity index (χ1v) is 8.24. The lowest BCUT2D eigenvalue weighted by atomic mass is 9.88. The maximum atomic E-state index is 6.04. The summed E-state index contributed by atoms with van der Waals surface area (Å²) in [6.07, 6.45) is 10.7. The molecule has 0 spiro atoms. The van der Waals surface area contributed by atoms with E-state index in [1.807, 2.05) is 0 Å². The zero-order valence-electron chi connectivity index (χ0n) is 13.4. The van der Waals surface area contributed by atoms with Crippen molar-refractivity contribution in [1.82, 2.24) is 5.32 Å². The predicted octanol–water partition coefficient (Wildman–Crippen LogP) is 4.31. The fraction of sp³-hybridized carbons (Fsp3) is 0.882. The molecular weight excluding hydrogens is 234 g/mol. The average Bonchev–Trinajstić information content (AvgIpc) is 2.33. The molecule has 2 nitrogen and oxygen atoms in total. The Morgan fingerprint density at radius 1 is 1.16 bits per heavy atom. The largest absolute Gasteiger partial charge is 0.376 e. The van der Waals surface area contributed by atoms with Crippen molar-refractivity contribution in [3.8, 4) is 0 Å². The molecule has 0 aliphatic heterocycles. The molecule has 0 fully saturated rings. The molecule has 2 unspecified atom stereocenters. The van der Waals surface area contributed by atoms with Gasteiger partial charge >= 0.3 is 0 Å². The van der Waals surface area contributed by atoms with Crippen LogP contribution < -0.4 is 5.32 Å². The summed E-state index contributed by atoms with van der Waals surface area (Å²) in [7, 11) is 0. The van der Waals surface area contributed by atoms with Crippen molar-refractivity contribution >= 4 is 0 Å². The third-order valence-corrected chi connectivity index (χ3v) is 3.99. The Bertz CT molecular complexity index is 260. The maximum absolute atomic E-state index is 6.04. The molecule has 0 aromatic carbocycles. The van der Waals surface area contributed by atoms with Crippen LogP contribution in [0, 0.1) is 5.92 Å². The van der Waals surface area contributed by atoms with Gasteiger partial charge in [-0.3, -0.25) is 0 Å². The Balaban J connectivity index is 2.82. The standard InChI is InChI=1S/C17H33NO/c1-5-18-16(17(14(3)4)19-6-2)15-12-10-8-7-9-11-13-15/h12,14,16-18H,5-11,13H2,1-4H3. The Morgan fingerprint density at radius 3 is 2.53 bits per heavy atom. The van der Waals surface area contributed by atoms with Crippen molar-refractivity contribution in [2.75, 3.05) is 13.2 Å². The molecule has 112 valence electrons. The molecule has 0 radical (unpaired) electrons. The number of allylic oxidation sites excluding steroid dienone is 1. The van der Waals surface area contributed by atoms with E-state index in [0.29, 0.717) is 18.1 Å². The molecule has 0 saturated carbocycles. The molecule has 0 aromatic rings. The van der Waals surface area contributed by atoms with Crippen molar-refractivity contribution in [2.24, 2.45) is 5.92 Å². The van der Waals surface area contributed by atoms with E-state index in [9.17, 15) is 0 Å². The normalized spacial score (nSPS) is 20.6. The van der Waals surface area contributed by atoms with Crippen molar-refractivity contribution in [3.05, 3.63) is 11.6 Å². The van der Waals surface area contributed by atoms with Crippen molar-refractivity contribution in [1.29, 1.82) is 0 Å². The van der Waals surface area contributed by atoms with Gasteiger partial charge in [0.2, 0.25) is 0 Å². The number of hydrogen-bond donors (Lipinski definition) is 1. The van der Waals surface area contributed by atoms with Gasteiger partial charge in [0, 0.05) is 6.61 Å². The van der Waals surface area contributed by atoms with E-state index in [-0.39, 0.29) is 0 Å². The minimum Gasteiger partial charge on any atom is -0.376 e. The van der Waals surface area contributed by atoms with E-state index < -0.39 is 0 Å². The lowest BCUT2D eigenvalue weighted by molar-refractivity contribution is 0.0115. The highest BCUT2D eigenvalue weighted by atomic mass is 16.5. The van der Waals surface area contributed by atoms with Crippen LogP contribution in [0.5, 0.6) is 0 Å². The summed E-state index contributed by atoms with van der Waals surface area (Å²) in [5.74, 6) is 0.551. The summed E-state index contributed by atoms with van der Waals surface area (Å²) in [6, 6.07) is 0.406. The molecule has 0 aromatic heterocycles. The summed E-state index contributed by atoms with van der Waals surface area (Å²) >= 11 is 0. The fourth-order valence-corrected chi connectivity index (χ4v) is 3.04. The van der Waals surface area contributed by atoms with Crippen molar-refractivity contribution in [2.45, 2.75) is 78.4 Å². The number of ether oxygens (including phenoxy) is 1. The van der Waals surface area contributed by atoms with E-state index >= 15 is 0 Å². The number of nitrogens with one attached hydrogen (secondary N) is 1. The maximum Gasteiger partial charge on any atom is 0.0789 e. The lowest BCUT2D eigenvalue weighted by Crippen LogP contribution is -2.45. The van der Waals surface area contributed by atoms with Gasteiger partial charge in [-0.25, -0.2) is 0 Å². The van der Waals surface area contributed by atoms with Gasteiger partial charge in [-0.15, -0.1) is 0 Å². The first-order valence-electron chi connectivity index (χ1n) is 8.24. The second-order valence-corrected chi connectivity index (χ2v) is 5.93. The van der Waals surface area contributed by atoms with Gasteiger partial charge in [0.05, 0.1) is 12.1 Å². The van der Waals surface area contributed by atoms with Crippen LogP contribution in [0.2, 0.25) is 0 Å². The number of likely N-dealkylation sites (N-methyl/N-ethyl adjacent to an activating group) is 1. The Morgan fingerprint density at radius 2 is 1.89 bits per heavy atom. The molecule has 1 N–H and O–H groups in total. The van der Waals surface area contributed by atoms with Gasteiger partial charge in [-0.1, -0.05) is 45.3 Å². The minimum absolute atomic E-state index is 0.302. The first kappa shape index (κ1) is 16.7. The minimum atomic E-state index is 0.302. The van der Waals surface area contributed by atoms with E-state index in [2.05, 4.69) is 39.1 Å². The van der Waals surface area contributed by atoms with E-state index in [1.54, 1.807) is 5.57 Å². The number of rotatable bonds is 7. The van der Waals surface area contributed by atoms with Gasteiger partial charge in [-0.2, -0.15) is 0 Å². The predicted molar refractivity (Wildman–Crippen MR) is 83.5 cm³/mol. The third-order valence-electron chi connectivity index (χ3n) is 3.99. The zero-order chi connectivity index (χ0) is 14.1. The smallest absolute Gasteiger partial charge is 0.0789 e. The van der Waals surface area contributed by atoms with Crippen LogP contribution in [-0.2, 0) is 4.74 Å². The first-order chi connectivity index (χ1) is 9.20. The molecular formula is C17H33NO. The third kappa shape index (κ3) is 5.66. The van der Waals surface area contributed by atoms with Crippen LogP contribution in [0.15, 0.2) is 11.6 Å². The van der Waals surface area contributed by atoms with Crippen LogP contribution in [0.4, 0.5) is 0 Å². The number of hydrogen-bond acceptors (Lipinski definition) is 2. The van der Waals surface area contributed by atoms with Crippen LogP contribution in [0.1, 0.15) is 66.2 Å². The molecule has 1 aliphatic rings. The molecule has 1 aliphatic carbocycles. The molecule has 19 heavy (non-hydrogen) atoms. The van der Waals surface area contributed by atoms with Crippen LogP contribution in [-0.4, -0.2) is 25.3 Å². The molecule has 0 heterocycles. The second kappa shape index (κ2) is 9.55. The van der Waals surface area contributed by atoms with Gasteiger partial charge in [-0.05, 0) is 45.1 Å². The summed E-state index contributed by atoms with van der Waals surface area (Å²) in [5, 5.41) is 3.67. The molecule has 1 rings (SSSR count). The highest BCUT2D eigenvalue weighted by Gasteiger charge is 2.27. The summed E-state index contributed by atoms with van der Waals surface area (Å²) in [5.41, 5.74) is 1.59. The fourth-order valence-electron chi connectivity index (χ4n) is 3.04. The molecule has 2 atom stereocenters. The van der Waals surface area contributed by atoms with Crippen molar-refractivity contribution in [3.63, 3.8) is 0 Å². The van der Waals surface area contributed by atoms with E-state index in [1.165, 1.54) is 38.5 Å². The summed E-state index contributed by atoms with van der Waals surface area (Å²) < 4.78 is 6.04.